The Labute approximate surface area is 101 Å². The zero-order valence-electron chi connectivity index (χ0n) is 9.39. The van der Waals surface area contributed by atoms with E-state index in [1.165, 1.54) is 10.7 Å². The highest BCUT2D eigenvalue weighted by Crippen LogP contribution is 2.15. The molecule has 0 saturated heterocycles. The van der Waals surface area contributed by atoms with Crippen LogP contribution in [0, 0.1) is 18.6 Å². The monoisotopic (exact) mass is 253 g/mol. The predicted octanol–water partition coefficient (Wildman–Crippen LogP) is 1.48. The average Bonchev–Trinajstić information content (AvgIpc) is 2.64. The van der Waals surface area contributed by atoms with Gasteiger partial charge in [0.25, 0.3) is 0 Å². The summed E-state index contributed by atoms with van der Waals surface area (Å²) >= 11 is 0. The normalized spacial score (nSPS) is 10.6. The predicted molar refractivity (Wildman–Crippen MR) is 57.4 cm³/mol. The summed E-state index contributed by atoms with van der Waals surface area (Å²) in [5.74, 6) is -2.99. The fourth-order valence-electron chi connectivity index (χ4n) is 1.53. The van der Waals surface area contributed by atoms with Crippen LogP contribution >= 0.6 is 0 Å². The highest BCUT2D eigenvalue weighted by atomic mass is 19.2. The van der Waals surface area contributed by atoms with E-state index in [2.05, 4.69) is 10.3 Å². The lowest BCUT2D eigenvalue weighted by Gasteiger charge is -2.03. The molecule has 0 aliphatic heterocycles. The van der Waals surface area contributed by atoms with Crippen molar-refractivity contribution in [3.05, 3.63) is 41.2 Å². The molecule has 5 nitrogen and oxygen atoms in total. The van der Waals surface area contributed by atoms with Crippen molar-refractivity contribution in [1.82, 2.24) is 15.0 Å². The molecule has 0 bridgehead atoms. The van der Waals surface area contributed by atoms with E-state index in [-0.39, 0.29) is 17.8 Å². The van der Waals surface area contributed by atoms with Gasteiger partial charge in [-0.15, -0.1) is 5.10 Å². The molecule has 0 aliphatic carbocycles. The average molecular weight is 253 g/mol. The third-order valence-electron chi connectivity index (χ3n) is 2.46. The Morgan fingerprint density at radius 3 is 2.72 bits per heavy atom. The van der Waals surface area contributed by atoms with Crippen molar-refractivity contribution in [3.63, 3.8) is 0 Å². The number of aromatic nitrogens is 3. The number of benzene rings is 1. The molecule has 0 fully saturated rings. The highest BCUT2D eigenvalue weighted by molar-refractivity contribution is 5.69. The molecule has 0 atom stereocenters. The van der Waals surface area contributed by atoms with Crippen LogP contribution in [0.3, 0.4) is 0 Å². The van der Waals surface area contributed by atoms with Crippen molar-refractivity contribution < 1.29 is 18.7 Å². The number of carbonyl (C=O) groups is 1. The first-order valence-electron chi connectivity index (χ1n) is 5.07. The smallest absolute Gasteiger partial charge is 0.309 e. The van der Waals surface area contributed by atoms with E-state index in [9.17, 15) is 13.6 Å². The number of rotatable bonds is 3. The third-order valence-corrected chi connectivity index (χ3v) is 2.46. The number of hydrogen-bond acceptors (Lipinski definition) is 3. The Morgan fingerprint density at radius 1 is 1.39 bits per heavy atom. The number of nitrogens with zero attached hydrogens (tertiary/aromatic N) is 3. The Bertz CT molecular complexity index is 610. The molecule has 2 aromatic rings. The maximum absolute atomic E-state index is 13.1. The van der Waals surface area contributed by atoms with Crippen LogP contribution in [0.25, 0.3) is 5.69 Å². The minimum atomic E-state index is -1.03. The Kier molecular flexibility index (Phi) is 3.05. The molecule has 94 valence electrons. The Morgan fingerprint density at radius 2 is 2.11 bits per heavy atom. The Hall–Kier alpha value is -2.31. The van der Waals surface area contributed by atoms with E-state index in [0.717, 1.165) is 12.1 Å². The van der Waals surface area contributed by atoms with Crippen LogP contribution in [0.1, 0.15) is 11.4 Å². The number of halogens is 2. The van der Waals surface area contributed by atoms with Gasteiger partial charge in [0.1, 0.15) is 0 Å². The second-order valence-corrected chi connectivity index (χ2v) is 3.70. The largest absolute Gasteiger partial charge is 0.481 e. The fraction of sp³-hybridized carbons (Fsp3) is 0.182. The summed E-state index contributed by atoms with van der Waals surface area (Å²) in [6, 6.07) is 3.29. The number of carboxylic acids is 1. The van der Waals surface area contributed by atoms with Crippen molar-refractivity contribution >= 4 is 5.97 Å². The molecular formula is C11H9F2N3O2. The summed E-state index contributed by atoms with van der Waals surface area (Å²) in [5.41, 5.74) is 1.05. The number of carboxylic acid groups (broad SMARTS) is 1. The maximum atomic E-state index is 13.1. The topological polar surface area (TPSA) is 68.0 Å². The Balaban J connectivity index is 2.42. The van der Waals surface area contributed by atoms with Crippen LogP contribution in [-0.2, 0) is 11.2 Å². The van der Waals surface area contributed by atoms with Crippen LogP contribution in [0.2, 0.25) is 0 Å². The molecule has 0 aliphatic rings. The van der Waals surface area contributed by atoms with Gasteiger partial charge in [0, 0.05) is 6.07 Å². The number of aliphatic carboxylic acids is 1. The van der Waals surface area contributed by atoms with Gasteiger partial charge in [0.15, 0.2) is 11.6 Å². The van der Waals surface area contributed by atoms with E-state index in [1.807, 2.05) is 0 Å². The minimum Gasteiger partial charge on any atom is -0.481 e. The molecule has 0 saturated carbocycles. The zero-order chi connectivity index (χ0) is 13.3. The fourth-order valence-corrected chi connectivity index (χ4v) is 1.53. The van der Waals surface area contributed by atoms with Gasteiger partial charge in [0.2, 0.25) is 0 Å². The zero-order valence-corrected chi connectivity index (χ0v) is 9.39. The van der Waals surface area contributed by atoms with Gasteiger partial charge < -0.3 is 5.11 Å². The van der Waals surface area contributed by atoms with Crippen LogP contribution in [-0.4, -0.2) is 26.1 Å². The molecule has 2 rings (SSSR count). The summed E-state index contributed by atoms with van der Waals surface area (Å²) in [5, 5.41) is 16.1. The van der Waals surface area contributed by atoms with Gasteiger partial charge in [-0.3, -0.25) is 4.79 Å². The second kappa shape index (κ2) is 4.52. The molecule has 1 aromatic heterocycles. The van der Waals surface area contributed by atoms with E-state index >= 15 is 0 Å². The highest BCUT2D eigenvalue weighted by Gasteiger charge is 2.14. The van der Waals surface area contributed by atoms with Crippen LogP contribution < -0.4 is 0 Å². The van der Waals surface area contributed by atoms with Gasteiger partial charge >= 0.3 is 5.97 Å². The summed E-state index contributed by atoms with van der Waals surface area (Å²) in [7, 11) is 0. The molecule has 18 heavy (non-hydrogen) atoms. The molecule has 7 heteroatoms. The number of hydrogen-bond donors (Lipinski definition) is 1. The first-order valence-corrected chi connectivity index (χ1v) is 5.07. The van der Waals surface area contributed by atoms with Crippen molar-refractivity contribution in [2.75, 3.05) is 0 Å². The summed E-state index contributed by atoms with van der Waals surface area (Å²) in [4.78, 5) is 10.6. The summed E-state index contributed by atoms with van der Waals surface area (Å²) in [6.07, 6.45) is -0.268. The molecule has 0 spiro atoms. The maximum Gasteiger partial charge on any atom is 0.309 e. The van der Waals surface area contributed by atoms with E-state index in [0.29, 0.717) is 5.69 Å². The van der Waals surface area contributed by atoms with E-state index < -0.39 is 17.6 Å². The first kappa shape index (κ1) is 12.2. The van der Waals surface area contributed by atoms with Gasteiger partial charge in [-0.05, 0) is 19.1 Å². The minimum absolute atomic E-state index is 0.268. The third kappa shape index (κ3) is 2.20. The lowest BCUT2D eigenvalue weighted by atomic mass is 10.2. The van der Waals surface area contributed by atoms with Gasteiger partial charge in [0.05, 0.1) is 23.5 Å². The van der Waals surface area contributed by atoms with E-state index in [4.69, 9.17) is 5.11 Å². The van der Waals surface area contributed by atoms with Gasteiger partial charge in [-0.2, -0.15) is 0 Å². The SMILES string of the molecule is Cc1c(CC(=O)O)nnn1-c1ccc(F)c(F)c1. The van der Waals surface area contributed by atoms with Gasteiger partial charge in [-0.1, -0.05) is 5.21 Å². The van der Waals surface area contributed by atoms with Crippen molar-refractivity contribution in [2.24, 2.45) is 0 Å². The molecule has 0 amide bonds. The summed E-state index contributed by atoms with van der Waals surface area (Å²) < 4.78 is 27.1. The first-order chi connectivity index (χ1) is 8.49. The molecule has 1 N–H and O–H groups in total. The molecule has 0 radical (unpaired) electrons. The summed E-state index contributed by atoms with van der Waals surface area (Å²) in [6.45, 7) is 1.61. The van der Waals surface area contributed by atoms with Crippen LogP contribution in [0.5, 0.6) is 0 Å². The second-order valence-electron chi connectivity index (χ2n) is 3.70. The van der Waals surface area contributed by atoms with Crippen molar-refractivity contribution in [2.45, 2.75) is 13.3 Å². The van der Waals surface area contributed by atoms with E-state index in [1.54, 1.807) is 6.92 Å². The van der Waals surface area contributed by atoms with Gasteiger partial charge in [-0.25, -0.2) is 13.5 Å². The standard InChI is InChI=1S/C11H9F2N3O2/c1-6-10(5-11(17)18)14-15-16(6)7-2-3-8(12)9(13)4-7/h2-4H,5H2,1H3,(H,17,18). The molecule has 1 aromatic carbocycles. The lowest BCUT2D eigenvalue weighted by Crippen LogP contribution is -2.04. The lowest BCUT2D eigenvalue weighted by molar-refractivity contribution is -0.136. The molecule has 0 unspecified atom stereocenters. The van der Waals surface area contributed by atoms with Crippen molar-refractivity contribution in [3.8, 4) is 5.69 Å². The van der Waals surface area contributed by atoms with Crippen LogP contribution in [0.4, 0.5) is 8.78 Å². The molecular weight excluding hydrogens is 244 g/mol. The molecule has 1 heterocycles. The quantitative estimate of drug-likeness (QED) is 0.899. The van der Waals surface area contributed by atoms with Crippen molar-refractivity contribution in [1.29, 1.82) is 0 Å². The van der Waals surface area contributed by atoms with Crippen LogP contribution in [0.15, 0.2) is 18.2 Å².